The van der Waals surface area contributed by atoms with Crippen LogP contribution in [0.25, 0.3) is 0 Å². The van der Waals surface area contributed by atoms with Crippen LogP contribution < -0.4 is 15.4 Å². The van der Waals surface area contributed by atoms with Crippen LogP contribution in [0.2, 0.25) is 5.02 Å². The number of anilines is 1. The Morgan fingerprint density at radius 3 is 2.42 bits per heavy atom. The van der Waals surface area contributed by atoms with Crippen molar-refractivity contribution in [3.05, 3.63) is 59.1 Å². The van der Waals surface area contributed by atoms with Crippen LogP contribution in [0.4, 0.5) is 5.69 Å². The lowest BCUT2D eigenvalue weighted by Gasteiger charge is -2.23. The Kier molecular flexibility index (Phi) is 6.64. The molecule has 24 heavy (non-hydrogen) atoms. The van der Waals surface area contributed by atoms with Crippen molar-refractivity contribution in [2.75, 3.05) is 19.0 Å². The molecule has 5 heteroatoms. The molecular weight excluding hydrogens is 324 g/mol. The molecule has 1 atom stereocenters. The summed E-state index contributed by atoms with van der Waals surface area (Å²) in [6.07, 6.45) is 0. The molecule has 0 bridgehead atoms. The lowest BCUT2D eigenvalue weighted by atomic mass is 9.96. The summed E-state index contributed by atoms with van der Waals surface area (Å²) in [7, 11) is 1.58. The number of rotatable bonds is 7. The van der Waals surface area contributed by atoms with Crippen molar-refractivity contribution >= 4 is 23.2 Å². The standard InChI is InChI=1S/C19H23ClN2O2/c1-13(2)19(14-8-10-15(20)11-9-14)21-12-18(23)22-16-6-4-5-7-17(16)24-3/h4-11,13,19,21H,12H2,1-3H3,(H,22,23). The summed E-state index contributed by atoms with van der Waals surface area (Å²) in [6.45, 7) is 4.44. The third-order valence-corrected chi connectivity index (χ3v) is 4.01. The summed E-state index contributed by atoms with van der Waals surface area (Å²) in [5.74, 6) is 0.869. The number of benzene rings is 2. The first-order valence-electron chi connectivity index (χ1n) is 7.93. The lowest BCUT2D eigenvalue weighted by molar-refractivity contribution is -0.115. The summed E-state index contributed by atoms with van der Waals surface area (Å²) in [6, 6.07) is 15.1. The molecule has 0 saturated heterocycles. The van der Waals surface area contributed by atoms with Gasteiger partial charge in [0.05, 0.1) is 19.3 Å². The van der Waals surface area contributed by atoms with E-state index >= 15 is 0 Å². The summed E-state index contributed by atoms with van der Waals surface area (Å²) < 4.78 is 5.24. The molecule has 0 saturated carbocycles. The molecule has 0 spiro atoms. The van der Waals surface area contributed by atoms with Crippen molar-refractivity contribution in [1.29, 1.82) is 0 Å². The van der Waals surface area contributed by atoms with Crippen molar-refractivity contribution in [1.82, 2.24) is 5.32 Å². The van der Waals surface area contributed by atoms with Crippen LogP contribution in [0.15, 0.2) is 48.5 Å². The Morgan fingerprint density at radius 2 is 1.79 bits per heavy atom. The fraction of sp³-hybridized carbons (Fsp3) is 0.316. The van der Waals surface area contributed by atoms with E-state index in [1.54, 1.807) is 7.11 Å². The second-order valence-electron chi connectivity index (χ2n) is 5.90. The molecule has 0 aliphatic carbocycles. The van der Waals surface area contributed by atoms with E-state index in [-0.39, 0.29) is 18.5 Å². The van der Waals surface area contributed by atoms with Crippen molar-refractivity contribution in [2.24, 2.45) is 5.92 Å². The minimum Gasteiger partial charge on any atom is -0.495 e. The predicted molar refractivity (Wildman–Crippen MR) is 98.7 cm³/mol. The lowest BCUT2D eigenvalue weighted by Crippen LogP contribution is -2.33. The van der Waals surface area contributed by atoms with Crippen molar-refractivity contribution in [2.45, 2.75) is 19.9 Å². The molecule has 2 aromatic carbocycles. The van der Waals surface area contributed by atoms with Crippen LogP contribution in [0, 0.1) is 5.92 Å². The molecule has 128 valence electrons. The molecule has 0 aliphatic heterocycles. The van der Waals surface area contributed by atoms with Crippen LogP contribution in [0.3, 0.4) is 0 Å². The van der Waals surface area contributed by atoms with Gasteiger partial charge in [-0.1, -0.05) is 49.7 Å². The van der Waals surface area contributed by atoms with Gasteiger partial charge in [0, 0.05) is 11.1 Å². The number of hydrogen-bond acceptors (Lipinski definition) is 3. The predicted octanol–water partition coefficient (Wildman–Crippen LogP) is 4.27. The quantitative estimate of drug-likeness (QED) is 0.787. The van der Waals surface area contributed by atoms with Gasteiger partial charge in [-0.2, -0.15) is 0 Å². The zero-order valence-corrected chi connectivity index (χ0v) is 14.9. The first kappa shape index (κ1) is 18.3. The molecule has 0 heterocycles. The number of nitrogens with one attached hydrogen (secondary N) is 2. The maximum Gasteiger partial charge on any atom is 0.238 e. The smallest absolute Gasteiger partial charge is 0.238 e. The first-order valence-corrected chi connectivity index (χ1v) is 8.30. The fourth-order valence-corrected chi connectivity index (χ4v) is 2.68. The van der Waals surface area contributed by atoms with E-state index in [0.29, 0.717) is 22.4 Å². The van der Waals surface area contributed by atoms with Gasteiger partial charge >= 0.3 is 0 Å². The average molecular weight is 347 g/mol. The highest BCUT2D eigenvalue weighted by Gasteiger charge is 2.17. The Morgan fingerprint density at radius 1 is 1.12 bits per heavy atom. The second kappa shape index (κ2) is 8.71. The van der Waals surface area contributed by atoms with Crippen LogP contribution in [-0.2, 0) is 4.79 Å². The zero-order chi connectivity index (χ0) is 17.5. The minimum absolute atomic E-state index is 0.0747. The number of ether oxygens (including phenoxy) is 1. The highest BCUT2D eigenvalue weighted by atomic mass is 35.5. The van der Waals surface area contributed by atoms with Crippen LogP contribution in [0.5, 0.6) is 5.75 Å². The van der Waals surface area contributed by atoms with Gasteiger partial charge < -0.3 is 15.4 Å². The van der Waals surface area contributed by atoms with Gasteiger partial charge in [0.1, 0.15) is 5.75 Å². The molecule has 2 N–H and O–H groups in total. The topological polar surface area (TPSA) is 50.4 Å². The SMILES string of the molecule is COc1ccccc1NC(=O)CNC(c1ccc(Cl)cc1)C(C)C. The maximum absolute atomic E-state index is 12.2. The van der Waals surface area contributed by atoms with E-state index in [2.05, 4.69) is 24.5 Å². The maximum atomic E-state index is 12.2. The first-order chi connectivity index (χ1) is 11.5. The number of amides is 1. The average Bonchev–Trinajstić information content (AvgIpc) is 2.57. The monoisotopic (exact) mass is 346 g/mol. The number of para-hydroxylation sites is 2. The van der Waals surface area contributed by atoms with E-state index in [1.165, 1.54) is 0 Å². The largest absolute Gasteiger partial charge is 0.495 e. The number of halogens is 1. The second-order valence-corrected chi connectivity index (χ2v) is 6.34. The molecule has 2 rings (SSSR count). The van der Waals surface area contributed by atoms with Gasteiger partial charge in [0.25, 0.3) is 0 Å². The van der Waals surface area contributed by atoms with Gasteiger partial charge in [-0.15, -0.1) is 0 Å². The Labute approximate surface area is 148 Å². The molecule has 1 unspecified atom stereocenters. The fourth-order valence-electron chi connectivity index (χ4n) is 2.55. The molecule has 2 aromatic rings. The van der Waals surface area contributed by atoms with E-state index < -0.39 is 0 Å². The summed E-state index contributed by atoms with van der Waals surface area (Å²) in [5.41, 5.74) is 1.78. The van der Waals surface area contributed by atoms with E-state index in [0.717, 1.165) is 5.56 Å². The third kappa shape index (κ3) is 4.98. The van der Waals surface area contributed by atoms with Gasteiger partial charge in [0.15, 0.2) is 0 Å². The highest BCUT2D eigenvalue weighted by Crippen LogP contribution is 2.24. The minimum atomic E-state index is -0.112. The molecule has 0 aliphatic rings. The van der Waals surface area contributed by atoms with Crippen LogP contribution in [-0.4, -0.2) is 19.6 Å². The number of carbonyl (C=O) groups is 1. The summed E-state index contributed by atoms with van der Waals surface area (Å²) >= 11 is 5.95. The van der Waals surface area contributed by atoms with Gasteiger partial charge in [-0.05, 0) is 35.7 Å². The van der Waals surface area contributed by atoms with Gasteiger partial charge in [0.2, 0.25) is 5.91 Å². The third-order valence-electron chi connectivity index (χ3n) is 3.76. The molecule has 0 radical (unpaired) electrons. The van der Waals surface area contributed by atoms with Gasteiger partial charge in [-0.25, -0.2) is 0 Å². The summed E-state index contributed by atoms with van der Waals surface area (Å²) in [5, 5.41) is 6.89. The Hall–Kier alpha value is -2.04. The number of carbonyl (C=O) groups excluding carboxylic acids is 1. The van der Waals surface area contributed by atoms with E-state index in [9.17, 15) is 4.79 Å². The van der Waals surface area contributed by atoms with E-state index in [1.807, 2.05) is 48.5 Å². The highest BCUT2D eigenvalue weighted by molar-refractivity contribution is 6.30. The van der Waals surface area contributed by atoms with E-state index in [4.69, 9.17) is 16.3 Å². The van der Waals surface area contributed by atoms with Gasteiger partial charge in [-0.3, -0.25) is 4.79 Å². The van der Waals surface area contributed by atoms with Crippen molar-refractivity contribution < 1.29 is 9.53 Å². The Bertz CT molecular complexity index is 671. The normalized spacial score (nSPS) is 12.0. The van der Waals surface area contributed by atoms with Crippen molar-refractivity contribution in [3.8, 4) is 5.75 Å². The molecule has 0 fully saturated rings. The zero-order valence-electron chi connectivity index (χ0n) is 14.2. The molecular formula is C19H23ClN2O2. The molecule has 4 nitrogen and oxygen atoms in total. The van der Waals surface area contributed by atoms with Crippen molar-refractivity contribution in [3.63, 3.8) is 0 Å². The van der Waals surface area contributed by atoms with Crippen LogP contribution >= 0.6 is 11.6 Å². The Balaban J connectivity index is 1.99. The number of methoxy groups -OCH3 is 1. The molecule has 0 aromatic heterocycles. The number of hydrogen-bond donors (Lipinski definition) is 2. The summed E-state index contributed by atoms with van der Waals surface area (Å²) in [4.78, 5) is 12.2. The van der Waals surface area contributed by atoms with Crippen LogP contribution in [0.1, 0.15) is 25.5 Å². The molecule has 1 amide bonds.